The zero-order chi connectivity index (χ0) is 11.0. The van der Waals surface area contributed by atoms with Gasteiger partial charge in [0, 0.05) is 11.8 Å². The zero-order valence-corrected chi connectivity index (χ0v) is 8.56. The molecule has 1 aromatic rings. The summed E-state index contributed by atoms with van der Waals surface area (Å²) >= 11 is 0. The largest absolute Gasteiger partial charge is 0.480 e. The molecule has 0 amide bonds. The average molecular weight is 207 g/mol. The fourth-order valence-electron chi connectivity index (χ4n) is 2.13. The molecule has 80 valence electrons. The van der Waals surface area contributed by atoms with Crippen LogP contribution in [0.4, 0.5) is 0 Å². The molecule has 0 saturated carbocycles. The van der Waals surface area contributed by atoms with Gasteiger partial charge in [0.05, 0.1) is 0 Å². The van der Waals surface area contributed by atoms with Crippen LogP contribution in [0.2, 0.25) is 0 Å². The van der Waals surface area contributed by atoms with Crippen LogP contribution in [0.1, 0.15) is 30.6 Å². The maximum atomic E-state index is 11.6. The molecule has 0 radical (unpaired) electrons. The molecule has 0 fully saturated rings. The summed E-state index contributed by atoms with van der Waals surface area (Å²) in [7, 11) is 0. The first-order valence-electron chi connectivity index (χ1n) is 5.07. The maximum absolute atomic E-state index is 11.6. The molecule has 0 spiro atoms. The Hall–Kier alpha value is -1.58. The van der Waals surface area contributed by atoms with Crippen LogP contribution in [0, 0.1) is 0 Å². The van der Waals surface area contributed by atoms with Gasteiger partial charge in [0.2, 0.25) is 0 Å². The Labute approximate surface area is 87.2 Å². The molecule has 0 bridgehead atoms. The van der Waals surface area contributed by atoms with E-state index in [0.717, 1.165) is 30.5 Å². The van der Waals surface area contributed by atoms with Gasteiger partial charge in [-0.15, -0.1) is 0 Å². The second kappa shape index (κ2) is 3.53. The molecule has 4 heteroatoms. The van der Waals surface area contributed by atoms with Gasteiger partial charge < -0.3 is 5.11 Å². The quantitative estimate of drug-likeness (QED) is 0.786. The van der Waals surface area contributed by atoms with Crippen LogP contribution in [-0.2, 0) is 17.6 Å². The van der Waals surface area contributed by atoms with Crippen LogP contribution in [0.5, 0.6) is 0 Å². The van der Waals surface area contributed by atoms with E-state index in [0.29, 0.717) is 0 Å². The summed E-state index contributed by atoms with van der Waals surface area (Å²) in [6.07, 6.45) is 2.76. The van der Waals surface area contributed by atoms with Crippen molar-refractivity contribution in [1.29, 1.82) is 0 Å². The van der Waals surface area contributed by atoms with Crippen molar-refractivity contribution in [3.8, 4) is 0 Å². The second-order valence-corrected chi connectivity index (χ2v) is 3.88. The Morgan fingerprint density at radius 2 is 2.20 bits per heavy atom. The molecule has 1 aromatic heterocycles. The highest BCUT2D eigenvalue weighted by molar-refractivity contribution is 5.71. The van der Waals surface area contributed by atoms with E-state index in [4.69, 9.17) is 5.11 Å². The molecule has 4 nitrogen and oxygen atoms in total. The number of rotatable bonds is 2. The van der Waals surface area contributed by atoms with E-state index >= 15 is 0 Å². The van der Waals surface area contributed by atoms with Gasteiger partial charge in [-0.05, 0) is 31.7 Å². The Morgan fingerprint density at radius 3 is 2.87 bits per heavy atom. The number of hydrogen-bond donors (Lipinski definition) is 1. The normalized spacial score (nSPS) is 16.1. The molecule has 1 aliphatic carbocycles. The number of carboxylic acid groups (broad SMARTS) is 1. The predicted molar refractivity (Wildman–Crippen MR) is 55.1 cm³/mol. The van der Waals surface area contributed by atoms with Gasteiger partial charge in [0.15, 0.2) is 0 Å². The number of aryl methyl sites for hydroxylation is 1. The van der Waals surface area contributed by atoms with E-state index in [1.807, 2.05) is 6.07 Å². The van der Waals surface area contributed by atoms with Crippen molar-refractivity contribution in [3.63, 3.8) is 0 Å². The first-order valence-corrected chi connectivity index (χ1v) is 5.07. The third-order valence-electron chi connectivity index (χ3n) is 2.93. The fraction of sp³-hybridized carbons (Fsp3) is 0.455. The lowest BCUT2D eigenvalue weighted by Gasteiger charge is -2.15. The van der Waals surface area contributed by atoms with Crippen molar-refractivity contribution in [1.82, 2.24) is 4.57 Å². The molecule has 1 N–H and O–H groups in total. The van der Waals surface area contributed by atoms with Crippen LogP contribution < -0.4 is 5.56 Å². The molecule has 1 heterocycles. The van der Waals surface area contributed by atoms with Crippen LogP contribution in [0.3, 0.4) is 0 Å². The summed E-state index contributed by atoms with van der Waals surface area (Å²) in [6, 6.07) is 2.50. The van der Waals surface area contributed by atoms with E-state index in [-0.39, 0.29) is 5.56 Å². The third kappa shape index (κ3) is 1.56. The van der Waals surface area contributed by atoms with Crippen molar-refractivity contribution < 1.29 is 9.90 Å². The number of pyridine rings is 1. The maximum Gasteiger partial charge on any atom is 0.326 e. The molecule has 0 saturated heterocycles. The number of hydrogen-bond acceptors (Lipinski definition) is 2. The van der Waals surface area contributed by atoms with Gasteiger partial charge in [-0.2, -0.15) is 0 Å². The molecule has 1 aliphatic rings. The molecular weight excluding hydrogens is 194 g/mol. The van der Waals surface area contributed by atoms with E-state index in [2.05, 4.69) is 0 Å². The van der Waals surface area contributed by atoms with Crippen LogP contribution in [-0.4, -0.2) is 15.6 Å². The van der Waals surface area contributed by atoms with E-state index in [9.17, 15) is 9.59 Å². The van der Waals surface area contributed by atoms with E-state index < -0.39 is 12.0 Å². The Morgan fingerprint density at radius 1 is 1.47 bits per heavy atom. The molecule has 0 aromatic carbocycles. The highest BCUT2D eigenvalue weighted by Crippen LogP contribution is 2.22. The van der Waals surface area contributed by atoms with Gasteiger partial charge in [-0.1, -0.05) is 6.07 Å². The van der Waals surface area contributed by atoms with Crippen molar-refractivity contribution in [3.05, 3.63) is 33.7 Å². The molecular formula is C11H13NO3. The Kier molecular flexibility index (Phi) is 2.34. The minimum Gasteiger partial charge on any atom is -0.480 e. The van der Waals surface area contributed by atoms with Crippen LogP contribution in [0.15, 0.2) is 16.9 Å². The Bertz CT molecular complexity index is 461. The lowest BCUT2D eigenvalue weighted by molar-refractivity contribution is -0.140. The monoisotopic (exact) mass is 207 g/mol. The van der Waals surface area contributed by atoms with E-state index in [1.165, 1.54) is 10.6 Å². The molecule has 1 unspecified atom stereocenters. The summed E-state index contributed by atoms with van der Waals surface area (Å²) in [5.41, 5.74) is 1.80. The van der Waals surface area contributed by atoms with E-state index in [1.54, 1.807) is 6.92 Å². The zero-order valence-electron chi connectivity index (χ0n) is 8.56. The second-order valence-electron chi connectivity index (χ2n) is 3.88. The first kappa shape index (κ1) is 9.96. The number of aliphatic carboxylic acids is 1. The first-order chi connectivity index (χ1) is 7.11. The van der Waals surface area contributed by atoms with Crippen molar-refractivity contribution in [2.75, 3.05) is 0 Å². The summed E-state index contributed by atoms with van der Waals surface area (Å²) < 4.78 is 1.41. The number of carboxylic acids is 1. The molecule has 15 heavy (non-hydrogen) atoms. The SMILES string of the molecule is CC(C(=O)O)n1c2c(ccc1=O)CCC2. The minimum absolute atomic E-state index is 0.217. The fourth-order valence-corrected chi connectivity index (χ4v) is 2.13. The van der Waals surface area contributed by atoms with Gasteiger partial charge in [-0.25, -0.2) is 4.79 Å². The Balaban J connectivity index is 2.60. The average Bonchev–Trinajstić information content (AvgIpc) is 2.64. The van der Waals surface area contributed by atoms with Crippen LogP contribution in [0.25, 0.3) is 0 Å². The summed E-state index contributed by atoms with van der Waals surface area (Å²) in [5, 5.41) is 8.93. The van der Waals surface area contributed by atoms with Crippen LogP contribution >= 0.6 is 0 Å². The predicted octanol–water partition coefficient (Wildman–Crippen LogP) is 0.983. The van der Waals surface area contributed by atoms with Gasteiger partial charge in [0.1, 0.15) is 6.04 Å². The highest BCUT2D eigenvalue weighted by Gasteiger charge is 2.22. The van der Waals surface area contributed by atoms with Gasteiger partial charge >= 0.3 is 5.97 Å². The molecule has 1 atom stereocenters. The lowest BCUT2D eigenvalue weighted by Crippen LogP contribution is -2.30. The molecule has 0 aliphatic heterocycles. The number of aromatic nitrogens is 1. The molecule has 2 rings (SSSR count). The van der Waals surface area contributed by atoms with Gasteiger partial charge in [0.25, 0.3) is 5.56 Å². The number of nitrogens with zero attached hydrogens (tertiary/aromatic N) is 1. The third-order valence-corrected chi connectivity index (χ3v) is 2.93. The van der Waals surface area contributed by atoms with Gasteiger partial charge in [-0.3, -0.25) is 9.36 Å². The van der Waals surface area contributed by atoms with Crippen molar-refractivity contribution >= 4 is 5.97 Å². The summed E-state index contributed by atoms with van der Waals surface area (Å²) in [5.74, 6) is -0.961. The number of fused-ring (bicyclic) bond motifs is 1. The summed E-state index contributed by atoms with van der Waals surface area (Å²) in [6.45, 7) is 1.54. The number of carbonyl (C=O) groups is 1. The lowest BCUT2D eigenvalue weighted by atomic mass is 10.2. The smallest absolute Gasteiger partial charge is 0.326 e. The minimum atomic E-state index is -0.961. The van der Waals surface area contributed by atoms with Crippen molar-refractivity contribution in [2.24, 2.45) is 0 Å². The topological polar surface area (TPSA) is 59.3 Å². The van der Waals surface area contributed by atoms with Crippen molar-refractivity contribution in [2.45, 2.75) is 32.2 Å². The summed E-state index contributed by atoms with van der Waals surface area (Å²) in [4.78, 5) is 22.5. The standard InChI is InChI=1S/C11H13NO3/c1-7(11(14)15)12-9-4-2-3-8(9)5-6-10(12)13/h5-7H,2-4H2,1H3,(H,14,15). The highest BCUT2D eigenvalue weighted by atomic mass is 16.4.